The van der Waals surface area contributed by atoms with Crippen LogP contribution in [0.15, 0.2) is 18.2 Å². The number of aromatic carboxylic acids is 1. The summed E-state index contributed by atoms with van der Waals surface area (Å²) in [6, 6.07) is 3.65. The highest BCUT2D eigenvalue weighted by Crippen LogP contribution is 2.21. The molecule has 1 rings (SSSR count). The van der Waals surface area contributed by atoms with Crippen LogP contribution in [0, 0.1) is 22.0 Å². The zero-order valence-electron chi connectivity index (χ0n) is 8.01. The van der Waals surface area contributed by atoms with Crippen LogP contribution in [0.1, 0.15) is 15.9 Å². The van der Waals surface area contributed by atoms with E-state index in [1.165, 1.54) is 12.1 Å². The van der Waals surface area contributed by atoms with E-state index in [4.69, 9.17) is 10.2 Å². The Morgan fingerprint density at radius 3 is 2.69 bits per heavy atom. The van der Waals surface area contributed by atoms with Crippen molar-refractivity contribution in [1.82, 2.24) is 0 Å². The van der Waals surface area contributed by atoms with Gasteiger partial charge in [0.1, 0.15) is 12.2 Å². The van der Waals surface area contributed by atoms with Crippen molar-refractivity contribution in [3.63, 3.8) is 0 Å². The van der Waals surface area contributed by atoms with Gasteiger partial charge < -0.3 is 10.2 Å². The summed E-state index contributed by atoms with van der Waals surface area (Å²) in [5.74, 6) is 3.16. The first-order chi connectivity index (χ1) is 7.57. The van der Waals surface area contributed by atoms with Crippen LogP contribution in [0.2, 0.25) is 0 Å². The molecule has 0 heterocycles. The Morgan fingerprint density at radius 1 is 1.50 bits per heavy atom. The Hall–Kier alpha value is -2.39. The van der Waals surface area contributed by atoms with Gasteiger partial charge in [-0.2, -0.15) is 0 Å². The van der Waals surface area contributed by atoms with Gasteiger partial charge >= 0.3 is 5.97 Å². The lowest BCUT2D eigenvalue weighted by atomic mass is 10.1. The van der Waals surface area contributed by atoms with Crippen molar-refractivity contribution in [2.24, 2.45) is 0 Å². The molecule has 0 amide bonds. The Kier molecular flexibility index (Phi) is 3.58. The molecule has 6 heteroatoms. The van der Waals surface area contributed by atoms with E-state index < -0.39 is 17.5 Å². The fourth-order valence-electron chi connectivity index (χ4n) is 1.13. The number of hydrogen-bond donors (Lipinski definition) is 2. The molecule has 82 valence electrons. The van der Waals surface area contributed by atoms with E-state index in [9.17, 15) is 14.9 Å². The second kappa shape index (κ2) is 4.91. The third-order valence-corrected chi connectivity index (χ3v) is 1.76. The van der Waals surface area contributed by atoms with Crippen molar-refractivity contribution >= 4 is 11.7 Å². The van der Waals surface area contributed by atoms with E-state index in [1.807, 2.05) is 0 Å². The molecule has 6 nitrogen and oxygen atoms in total. The van der Waals surface area contributed by atoms with Crippen molar-refractivity contribution in [2.75, 3.05) is 6.61 Å². The first-order valence-corrected chi connectivity index (χ1v) is 4.18. The van der Waals surface area contributed by atoms with Gasteiger partial charge in [0.25, 0.3) is 5.69 Å². The fourth-order valence-corrected chi connectivity index (χ4v) is 1.13. The van der Waals surface area contributed by atoms with Crippen LogP contribution in [0.4, 0.5) is 5.69 Å². The van der Waals surface area contributed by atoms with E-state index in [0.717, 1.165) is 6.07 Å². The van der Waals surface area contributed by atoms with E-state index in [1.54, 1.807) is 0 Å². The summed E-state index contributed by atoms with van der Waals surface area (Å²) in [7, 11) is 0. The first kappa shape index (κ1) is 11.7. The van der Waals surface area contributed by atoms with Crippen LogP contribution in [0.3, 0.4) is 0 Å². The molecule has 0 saturated heterocycles. The molecule has 16 heavy (non-hydrogen) atoms. The van der Waals surface area contributed by atoms with Gasteiger partial charge in [-0.3, -0.25) is 10.1 Å². The quantitative estimate of drug-likeness (QED) is 0.433. The molecule has 1 aromatic carbocycles. The maximum Gasteiger partial charge on any atom is 0.337 e. The molecule has 0 unspecified atom stereocenters. The largest absolute Gasteiger partial charge is 0.478 e. The van der Waals surface area contributed by atoms with Crippen molar-refractivity contribution in [3.05, 3.63) is 39.4 Å². The van der Waals surface area contributed by atoms with Gasteiger partial charge in [0, 0.05) is 6.07 Å². The van der Waals surface area contributed by atoms with Gasteiger partial charge in [-0.25, -0.2) is 4.79 Å². The fraction of sp³-hybridized carbons (Fsp3) is 0.100. The Bertz CT molecular complexity index is 465. The number of nitro benzene ring substituents is 1. The number of rotatable bonds is 2. The van der Waals surface area contributed by atoms with Crippen molar-refractivity contribution in [2.45, 2.75) is 0 Å². The number of nitro groups is 1. The molecule has 0 aromatic heterocycles. The minimum atomic E-state index is -1.30. The third-order valence-electron chi connectivity index (χ3n) is 1.76. The number of carboxylic acid groups (broad SMARTS) is 1. The topological polar surface area (TPSA) is 101 Å². The van der Waals surface area contributed by atoms with Crippen molar-refractivity contribution in [3.8, 4) is 11.8 Å². The van der Waals surface area contributed by atoms with Crippen LogP contribution in [0.5, 0.6) is 0 Å². The Morgan fingerprint density at radius 2 is 2.19 bits per heavy atom. The normalized spacial score (nSPS) is 9.06. The number of aliphatic hydroxyl groups is 1. The number of carboxylic acids is 1. The summed E-state index contributed by atoms with van der Waals surface area (Å²) in [5.41, 5.74) is -0.843. The maximum absolute atomic E-state index is 10.8. The minimum absolute atomic E-state index is 0.200. The maximum atomic E-state index is 10.8. The highest BCUT2D eigenvalue weighted by Gasteiger charge is 2.19. The predicted molar refractivity (Wildman–Crippen MR) is 54.0 cm³/mol. The van der Waals surface area contributed by atoms with Crippen LogP contribution in [-0.2, 0) is 0 Å². The van der Waals surface area contributed by atoms with E-state index in [2.05, 4.69) is 11.8 Å². The summed E-state index contributed by atoms with van der Waals surface area (Å²) in [6.45, 7) is -0.495. The summed E-state index contributed by atoms with van der Waals surface area (Å²) in [6.07, 6.45) is 0. The van der Waals surface area contributed by atoms with E-state index >= 15 is 0 Å². The molecular formula is C10H7NO5. The lowest BCUT2D eigenvalue weighted by molar-refractivity contribution is -0.385. The van der Waals surface area contributed by atoms with Crippen LogP contribution in [-0.4, -0.2) is 27.7 Å². The molecule has 0 radical (unpaired) electrons. The SMILES string of the molecule is O=C(O)c1cccc([N+](=O)[O-])c1C#CCO. The third kappa shape index (κ3) is 2.34. The molecule has 1 aromatic rings. The molecule has 0 spiro atoms. The van der Waals surface area contributed by atoms with Crippen LogP contribution in [0.25, 0.3) is 0 Å². The summed E-state index contributed by atoms with van der Waals surface area (Å²) >= 11 is 0. The minimum Gasteiger partial charge on any atom is -0.478 e. The Labute approximate surface area is 90.3 Å². The van der Waals surface area contributed by atoms with Gasteiger partial charge in [0.2, 0.25) is 0 Å². The van der Waals surface area contributed by atoms with Crippen molar-refractivity contribution in [1.29, 1.82) is 0 Å². The summed E-state index contributed by atoms with van der Waals surface area (Å²) in [5, 5.41) is 28.0. The monoisotopic (exact) mass is 221 g/mol. The lowest BCUT2D eigenvalue weighted by Gasteiger charge is -1.99. The number of benzene rings is 1. The van der Waals surface area contributed by atoms with Gasteiger partial charge in [-0.1, -0.05) is 17.9 Å². The Balaban J connectivity index is 3.46. The number of aliphatic hydroxyl groups excluding tert-OH is 1. The summed E-state index contributed by atoms with van der Waals surface area (Å²) in [4.78, 5) is 20.7. The van der Waals surface area contributed by atoms with Crippen LogP contribution >= 0.6 is 0 Å². The molecule has 0 fully saturated rings. The number of carbonyl (C=O) groups is 1. The number of hydrogen-bond acceptors (Lipinski definition) is 4. The molecule has 0 aliphatic heterocycles. The molecule has 0 bridgehead atoms. The van der Waals surface area contributed by atoms with E-state index in [-0.39, 0.29) is 16.8 Å². The van der Waals surface area contributed by atoms with Crippen LogP contribution < -0.4 is 0 Å². The van der Waals surface area contributed by atoms with Gasteiger partial charge in [0.15, 0.2) is 0 Å². The molecular weight excluding hydrogens is 214 g/mol. The standard InChI is InChI=1S/C10H7NO5/c12-6-2-4-7-8(10(13)14)3-1-5-9(7)11(15)16/h1,3,5,12H,6H2,(H,13,14). The highest BCUT2D eigenvalue weighted by atomic mass is 16.6. The molecule has 0 aliphatic rings. The second-order valence-electron chi connectivity index (χ2n) is 2.72. The molecule has 0 saturated carbocycles. The second-order valence-corrected chi connectivity index (χ2v) is 2.72. The zero-order valence-corrected chi connectivity index (χ0v) is 8.01. The van der Waals surface area contributed by atoms with E-state index in [0.29, 0.717) is 0 Å². The van der Waals surface area contributed by atoms with Gasteiger partial charge in [-0.05, 0) is 6.07 Å². The zero-order chi connectivity index (χ0) is 12.1. The average molecular weight is 221 g/mol. The molecule has 0 aliphatic carbocycles. The highest BCUT2D eigenvalue weighted by molar-refractivity contribution is 5.92. The summed E-state index contributed by atoms with van der Waals surface area (Å²) < 4.78 is 0. The number of nitrogens with zero attached hydrogens (tertiary/aromatic N) is 1. The first-order valence-electron chi connectivity index (χ1n) is 4.18. The van der Waals surface area contributed by atoms with Gasteiger partial charge in [-0.15, -0.1) is 0 Å². The predicted octanol–water partition coefficient (Wildman–Crippen LogP) is 0.637. The van der Waals surface area contributed by atoms with Crippen molar-refractivity contribution < 1.29 is 19.9 Å². The molecule has 0 atom stereocenters. The molecule has 2 N–H and O–H groups in total. The lowest BCUT2D eigenvalue weighted by Crippen LogP contribution is -2.03. The smallest absolute Gasteiger partial charge is 0.337 e. The van der Waals surface area contributed by atoms with Gasteiger partial charge in [0.05, 0.1) is 10.5 Å². The average Bonchev–Trinajstić information content (AvgIpc) is 2.25.